The molecule has 5 rings (SSSR count). The fraction of sp³-hybridized carbons (Fsp3) is 0.250. The lowest BCUT2D eigenvalue weighted by Gasteiger charge is -2.02. The van der Waals surface area contributed by atoms with Gasteiger partial charge >= 0.3 is 5.97 Å². The van der Waals surface area contributed by atoms with Crippen molar-refractivity contribution in [2.75, 3.05) is 0 Å². The molecule has 0 unspecified atom stereocenters. The highest BCUT2D eigenvalue weighted by atomic mass is 32.1. The Kier molecular flexibility index (Phi) is 4.01. The van der Waals surface area contributed by atoms with Crippen molar-refractivity contribution < 1.29 is 18.4 Å². The van der Waals surface area contributed by atoms with Gasteiger partial charge in [0.1, 0.15) is 5.58 Å². The Morgan fingerprint density at radius 2 is 2.11 bits per heavy atom. The first-order valence-electron chi connectivity index (χ1n) is 8.80. The van der Waals surface area contributed by atoms with Crippen LogP contribution in [0, 0.1) is 0 Å². The average molecular weight is 380 g/mol. The first-order valence-corrected chi connectivity index (χ1v) is 9.68. The summed E-state index contributed by atoms with van der Waals surface area (Å²) in [5.41, 5.74) is 4.37. The van der Waals surface area contributed by atoms with E-state index in [2.05, 4.69) is 22.3 Å². The predicted octanol–water partition coefficient (Wildman–Crippen LogP) is 4.32. The molecule has 0 N–H and O–H groups in total. The summed E-state index contributed by atoms with van der Waals surface area (Å²) in [5.74, 6) is 0.362. The van der Waals surface area contributed by atoms with Crippen molar-refractivity contribution in [3.63, 3.8) is 0 Å². The Morgan fingerprint density at radius 1 is 1.22 bits per heavy atom. The van der Waals surface area contributed by atoms with E-state index in [-0.39, 0.29) is 24.9 Å². The number of hydrogen-bond acceptors (Lipinski definition) is 7. The van der Waals surface area contributed by atoms with Crippen LogP contribution in [0.5, 0.6) is 0 Å². The number of carbonyl (C=O) groups is 1. The first kappa shape index (κ1) is 16.3. The second-order valence-corrected chi connectivity index (χ2v) is 7.49. The molecular weight excluding hydrogens is 364 g/mol. The normalized spacial score (nSPS) is 13.2. The fourth-order valence-electron chi connectivity index (χ4n) is 3.45. The lowest BCUT2D eigenvalue weighted by Crippen LogP contribution is -2.08. The highest BCUT2D eigenvalue weighted by Gasteiger charge is 2.18. The third kappa shape index (κ3) is 3.14. The molecule has 1 aliphatic rings. The molecule has 0 atom stereocenters. The van der Waals surface area contributed by atoms with Crippen LogP contribution in [0.3, 0.4) is 0 Å². The number of hydrogen-bond donors (Lipinski definition) is 0. The Bertz CT molecular complexity index is 1110. The van der Waals surface area contributed by atoms with Crippen LogP contribution in [0.2, 0.25) is 0 Å². The van der Waals surface area contributed by atoms with Gasteiger partial charge in [0.05, 0.1) is 17.6 Å². The fourth-order valence-corrected chi connectivity index (χ4v) is 4.09. The maximum atomic E-state index is 12.2. The standard InChI is InChI=1S/C20H16N2O4S/c23-19(25-11-18-21-22-20(26-18)17-5-2-6-27-17)9-14-10-24-16-8-13-4-1-3-12(13)7-15(14)16/h2,5-8,10H,1,3-4,9,11H2. The number of aryl methyl sites for hydroxylation is 2. The monoisotopic (exact) mass is 380 g/mol. The van der Waals surface area contributed by atoms with Crippen LogP contribution in [-0.4, -0.2) is 16.2 Å². The van der Waals surface area contributed by atoms with Gasteiger partial charge in [0.2, 0.25) is 0 Å². The molecule has 3 heterocycles. The summed E-state index contributed by atoms with van der Waals surface area (Å²) < 4.78 is 16.5. The zero-order valence-corrected chi connectivity index (χ0v) is 15.3. The molecule has 7 heteroatoms. The number of esters is 1. The minimum Gasteiger partial charge on any atom is -0.464 e. The van der Waals surface area contributed by atoms with Crippen LogP contribution in [0.25, 0.3) is 21.7 Å². The van der Waals surface area contributed by atoms with Gasteiger partial charge in [-0.25, -0.2) is 0 Å². The summed E-state index contributed by atoms with van der Waals surface area (Å²) >= 11 is 1.51. The zero-order chi connectivity index (χ0) is 18.2. The number of furan rings is 1. The van der Waals surface area contributed by atoms with Gasteiger partial charge in [-0.15, -0.1) is 21.5 Å². The van der Waals surface area contributed by atoms with Gasteiger partial charge in [0, 0.05) is 10.9 Å². The summed E-state index contributed by atoms with van der Waals surface area (Å²) in [7, 11) is 0. The minimum absolute atomic E-state index is 0.0393. The van der Waals surface area contributed by atoms with Crippen molar-refractivity contribution in [3.8, 4) is 10.8 Å². The molecule has 0 bridgehead atoms. The molecule has 0 fully saturated rings. The Hall–Kier alpha value is -2.93. The molecule has 27 heavy (non-hydrogen) atoms. The van der Waals surface area contributed by atoms with Crippen molar-refractivity contribution in [1.29, 1.82) is 0 Å². The number of carbonyl (C=O) groups excluding carboxylic acids is 1. The quantitative estimate of drug-likeness (QED) is 0.480. The lowest BCUT2D eigenvalue weighted by atomic mass is 10.0. The van der Waals surface area contributed by atoms with E-state index >= 15 is 0 Å². The van der Waals surface area contributed by atoms with E-state index in [0.29, 0.717) is 5.89 Å². The molecule has 1 aliphatic carbocycles. The second-order valence-electron chi connectivity index (χ2n) is 6.55. The van der Waals surface area contributed by atoms with Crippen molar-refractivity contribution in [2.24, 2.45) is 0 Å². The molecular formula is C20H16N2O4S. The number of thiophene rings is 1. The average Bonchev–Trinajstić information content (AvgIpc) is 3.44. The third-order valence-corrected chi connectivity index (χ3v) is 5.62. The Balaban J connectivity index is 1.25. The van der Waals surface area contributed by atoms with Gasteiger partial charge < -0.3 is 13.6 Å². The summed E-state index contributed by atoms with van der Waals surface area (Å²) in [6, 6.07) is 8.05. The summed E-state index contributed by atoms with van der Waals surface area (Å²) in [4.78, 5) is 13.1. The van der Waals surface area contributed by atoms with E-state index in [1.54, 1.807) is 6.26 Å². The molecule has 0 spiro atoms. The molecule has 6 nitrogen and oxygen atoms in total. The predicted molar refractivity (Wildman–Crippen MR) is 99.4 cm³/mol. The van der Waals surface area contributed by atoms with Crippen molar-refractivity contribution in [3.05, 3.63) is 58.5 Å². The van der Waals surface area contributed by atoms with Crippen LogP contribution < -0.4 is 0 Å². The van der Waals surface area contributed by atoms with Crippen LogP contribution in [0.15, 0.2) is 44.7 Å². The number of nitrogens with zero attached hydrogens (tertiary/aromatic N) is 2. The number of aromatic nitrogens is 2. The van der Waals surface area contributed by atoms with Gasteiger partial charge in [-0.1, -0.05) is 6.07 Å². The highest BCUT2D eigenvalue weighted by molar-refractivity contribution is 7.13. The van der Waals surface area contributed by atoms with E-state index in [1.165, 1.54) is 28.9 Å². The van der Waals surface area contributed by atoms with Crippen molar-refractivity contribution in [1.82, 2.24) is 10.2 Å². The molecule has 0 saturated heterocycles. The zero-order valence-electron chi connectivity index (χ0n) is 14.4. The van der Waals surface area contributed by atoms with Crippen LogP contribution >= 0.6 is 11.3 Å². The van der Waals surface area contributed by atoms with Crippen LogP contribution in [0.1, 0.15) is 29.0 Å². The van der Waals surface area contributed by atoms with Gasteiger partial charge in [-0.05, 0) is 54.0 Å². The summed E-state index contributed by atoms with van der Waals surface area (Å²) in [6.07, 6.45) is 5.16. The smallest absolute Gasteiger partial charge is 0.310 e. The van der Waals surface area contributed by atoms with Crippen LogP contribution in [-0.2, 0) is 35.4 Å². The SMILES string of the molecule is O=C(Cc1coc2cc3c(cc12)CCC3)OCc1nnc(-c2cccs2)o1. The number of benzene rings is 1. The minimum atomic E-state index is -0.353. The lowest BCUT2D eigenvalue weighted by molar-refractivity contribution is -0.144. The van der Waals surface area contributed by atoms with E-state index in [0.717, 1.165) is 34.3 Å². The number of ether oxygens (including phenoxy) is 1. The topological polar surface area (TPSA) is 78.4 Å². The molecule has 1 aromatic carbocycles. The maximum absolute atomic E-state index is 12.2. The second kappa shape index (κ2) is 6.66. The largest absolute Gasteiger partial charge is 0.464 e. The molecule has 0 aliphatic heterocycles. The van der Waals surface area contributed by atoms with Crippen molar-refractivity contribution in [2.45, 2.75) is 32.3 Å². The maximum Gasteiger partial charge on any atom is 0.310 e. The molecule has 3 aromatic heterocycles. The van der Waals surface area contributed by atoms with Gasteiger partial charge in [0.15, 0.2) is 6.61 Å². The van der Waals surface area contributed by atoms with Gasteiger partial charge in [-0.2, -0.15) is 0 Å². The van der Waals surface area contributed by atoms with Crippen LogP contribution in [0.4, 0.5) is 0 Å². The van der Waals surface area contributed by atoms with E-state index in [1.807, 2.05) is 17.5 Å². The summed E-state index contributed by atoms with van der Waals surface area (Å²) in [6.45, 7) is -0.0393. The number of fused-ring (bicyclic) bond motifs is 2. The molecule has 0 radical (unpaired) electrons. The van der Waals surface area contributed by atoms with Gasteiger partial charge in [0.25, 0.3) is 11.8 Å². The molecule has 136 valence electrons. The van der Waals surface area contributed by atoms with E-state index < -0.39 is 0 Å². The Labute approximate surface area is 158 Å². The van der Waals surface area contributed by atoms with E-state index in [4.69, 9.17) is 13.6 Å². The molecule has 0 amide bonds. The molecule has 0 saturated carbocycles. The van der Waals surface area contributed by atoms with E-state index in [9.17, 15) is 4.79 Å². The Morgan fingerprint density at radius 3 is 2.96 bits per heavy atom. The van der Waals surface area contributed by atoms with Gasteiger partial charge in [-0.3, -0.25) is 4.79 Å². The van der Waals surface area contributed by atoms with Crippen molar-refractivity contribution >= 4 is 28.3 Å². The summed E-state index contributed by atoms with van der Waals surface area (Å²) in [5, 5.41) is 10.8. The third-order valence-electron chi connectivity index (χ3n) is 4.76. The molecule has 4 aromatic rings. The first-order chi connectivity index (χ1) is 13.3. The highest BCUT2D eigenvalue weighted by Crippen LogP contribution is 2.30. The number of rotatable bonds is 5.